The second kappa shape index (κ2) is 16.2. The van der Waals surface area contributed by atoms with E-state index < -0.39 is 0 Å². The quantitative estimate of drug-likeness (QED) is 0.233. The topological polar surface area (TPSA) is 86.0 Å². The first kappa shape index (κ1) is 30.5. The zero-order valence-corrected chi connectivity index (χ0v) is 23.6. The fraction of sp³-hybridized carbons (Fsp3) is 0.367. The van der Waals surface area contributed by atoms with Crippen molar-refractivity contribution in [3.63, 3.8) is 0 Å². The van der Waals surface area contributed by atoms with Crippen LogP contribution in [0.1, 0.15) is 41.1 Å². The lowest BCUT2D eigenvalue weighted by molar-refractivity contribution is 0.102. The van der Waals surface area contributed by atoms with Gasteiger partial charge in [-0.3, -0.25) is 9.69 Å². The number of likely N-dealkylation sites (N-methyl/N-ethyl adjacent to an activating group) is 2. The van der Waals surface area contributed by atoms with Crippen LogP contribution in [0.15, 0.2) is 70.7 Å². The number of amides is 1. The maximum atomic E-state index is 12.8. The van der Waals surface area contributed by atoms with E-state index in [0.29, 0.717) is 23.7 Å². The van der Waals surface area contributed by atoms with Crippen LogP contribution in [0.3, 0.4) is 0 Å². The molecular formula is C30H42N6O2. The highest BCUT2D eigenvalue weighted by atomic mass is 16.4. The van der Waals surface area contributed by atoms with Gasteiger partial charge in [-0.2, -0.15) is 0 Å². The molecule has 0 atom stereocenters. The molecule has 204 valence electrons. The number of aliphatic imine (C=N–C) groups is 1. The van der Waals surface area contributed by atoms with Gasteiger partial charge in [0.2, 0.25) is 0 Å². The van der Waals surface area contributed by atoms with E-state index >= 15 is 0 Å². The number of carbonyl (C=O) groups excluding carboxylic acids is 1. The summed E-state index contributed by atoms with van der Waals surface area (Å²) < 4.78 is 5.66. The highest BCUT2D eigenvalue weighted by molar-refractivity contribution is 6.04. The largest absolute Gasteiger partial charge is 0.428 e. The van der Waals surface area contributed by atoms with Crippen LogP contribution in [-0.2, 0) is 13.0 Å². The predicted octanol–water partition coefficient (Wildman–Crippen LogP) is 5.80. The van der Waals surface area contributed by atoms with E-state index in [9.17, 15) is 4.79 Å². The lowest BCUT2D eigenvalue weighted by atomic mass is 10.1. The molecule has 0 spiro atoms. The molecule has 0 aliphatic rings. The molecule has 2 N–H and O–H groups in total. The van der Waals surface area contributed by atoms with Gasteiger partial charge in [0.1, 0.15) is 5.76 Å². The summed E-state index contributed by atoms with van der Waals surface area (Å²) in [4.78, 5) is 25.3. The number of hydrogen-bond acceptors (Lipinski definition) is 7. The molecular weight excluding hydrogens is 476 g/mol. The van der Waals surface area contributed by atoms with Gasteiger partial charge in [-0.1, -0.05) is 31.2 Å². The van der Waals surface area contributed by atoms with E-state index in [-0.39, 0.29) is 5.91 Å². The molecule has 1 amide bonds. The number of nitrogens with one attached hydrogen (secondary N) is 2. The van der Waals surface area contributed by atoms with Gasteiger partial charge >= 0.3 is 0 Å². The third-order valence-corrected chi connectivity index (χ3v) is 5.83. The molecule has 3 aromatic rings. The minimum atomic E-state index is -0.147. The Morgan fingerprint density at radius 2 is 1.87 bits per heavy atom. The maximum Gasteiger partial charge on any atom is 0.299 e. The fourth-order valence-electron chi connectivity index (χ4n) is 3.46. The van der Waals surface area contributed by atoms with E-state index in [1.165, 1.54) is 5.56 Å². The highest BCUT2D eigenvalue weighted by Crippen LogP contribution is 2.25. The van der Waals surface area contributed by atoms with Crippen LogP contribution in [0.4, 0.5) is 17.4 Å². The molecule has 3 rings (SSSR count). The van der Waals surface area contributed by atoms with Crippen LogP contribution < -0.4 is 10.6 Å². The molecule has 0 saturated carbocycles. The number of hydrogen-bond donors (Lipinski definition) is 2. The van der Waals surface area contributed by atoms with E-state index in [0.717, 1.165) is 43.2 Å². The van der Waals surface area contributed by atoms with Gasteiger partial charge in [-0.05, 0) is 76.1 Å². The average Bonchev–Trinajstić information content (AvgIpc) is 3.35. The highest BCUT2D eigenvalue weighted by Gasteiger charge is 2.11. The Morgan fingerprint density at radius 3 is 2.47 bits per heavy atom. The summed E-state index contributed by atoms with van der Waals surface area (Å²) in [5.41, 5.74) is 4.34. The van der Waals surface area contributed by atoms with Gasteiger partial charge in [-0.25, -0.2) is 4.98 Å². The Balaban J connectivity index is 0.00000118. The second-order valence-corrected chi connectivity index (χ2v) is 9.12. The van der Waals surface area contributed by atoms with Gasteiger partial charge in [0.05, 0.1) is 6.20 Å². The van der Waals surface area contributed by atoms with Gasteiger partial charge in [0.25, 0.3) is 11.9 Å². The number of aryl methyl sites for hydroxylation is 1. The number of rotatable bonds is 12. The first-order valence-electron chi connectivity index (χ1n) is 12.9. The summed E-state index contributed by atoms with van der Waals surface area (Å²) >= 11 is 0. The lowest BCUT2D eigenvalue weighted by Gasteiger charge is -2.22. The SMILES string of the molecule is C=CCc1cnc(Nc2cc(NC(=O)c3ccc(CN(CC)CCN(C)C)cc3)ccc2C)o1.CC=NC. The standard InChI is InChI=1S/C27H35N5O2.C3H7N/c1-6-8-24-18-28-27(34-24)30-25-17-23(14-9-20(25)3)29-26(33)22-12-10-21(11-13-22)19-32(7-2)16-15-31(4)5;1-3-4-2/h6,9-14,17-18H,1,7-8,15-16,19H2,2-5H3,(H,28,30)(H,29,33);3H,1-2H3. The predicted molar refractivity (Wildman–Crippen MR) is 159 cm³/mol. The third kappa shape index (κ3) is 10.3. The first-order chi connectivity index (χ1) is 18.3. The van der Waals surface area contributed by atoms with Crippen molar-refractivity contribution < 1.29 is 9.21 Å². The molecule has 1 heterocycles. The zero-order valence-electron chi connectivity index (χ0n) is 23.6. The fourth-order valence-corrected chi connectivity index (χ4v) is 3.46. The van der Waals surface area contributed by atoms with Crippen molar-refractivity contribution in [3.8, 4) is 0 Å². The smallest absolute Gasteiger partial charge is 0.299 e. The monoisotopic (exact) mass is 518 g/mol. The molecule has 38 heavy (non-hydrogen) atoms. The Kier molecular flexibility index (Phi) is 13.0. The normalized spacial score (nSPS) is 10.9. The van der Waals surface area contributed by atoms with Crippen molar-refractivity contribution in [1.82, 2.24) is 14.8 Å². The van der Waals surface area contributed by atoms with Gasteiger partial charge in [0.15, 0.2) is 0 Å². The van der Waals surface area contributed by atoms with E-state index in [2.05, 4.69) is 58.0 Å². The Hall–Kier alpha value is -3.75. The molecule has 0 radical (unpaired) electrons. The van der Waals surface area contributed by atoms with Crippen LogP contribution in [-0.4, -0.2) is 67.7 Å². The summed E-state index contributed by atoms with van der Waals surface area (Å²) in [7, 11) is 5.92. The van der Waals surface area contributed by atoms with Crippen molar-refractivity contribution in [2.75, 3.05) is 51.4 Å². The molecule has 8 heteroatoms. The molecule has 0 unspecified atom stereocenters. The van der Waals surface area contributed by atoms with Gasteiger partial charge in [-0.15, -0.1) is 6.58 Å². The summed E-state index contributed by atoms with van der Waals surface area (Å²) in [5, 5.41) is 6.16. The van der Waals surface area contributed by atoms with Crippen LogP contribution in [0.2, 0.25) is 0 Å². The molecule has 0 bridgehead atoms. The number of anilines is 3. The van der Waals surface area contributed by atoms with E-state index in [4.69, 9.17) is 4.42 Å². The molecule has 0 saturated heterocycles. The van der Waals surface area contributed by atoms with Crippen molar-refractivity contribution in [2.24, 2.45) is 4.99 Å². The Bertz CT molecular complexity index is 1160. The second-order valence-electron chi connectivity index (χ2n) is 9.12. The maximum absolute atomic E-state index is 12.8. The third-order valence-electron chi connectivity index (χ3n) is 5.83. The van der Waals surface area contributed by atoms with E-state index in [1.54, 1.807) is 25.5 Å². The van der Waals surface area contributed by atoms with Crippen LogP contribution in [0.25, 0.3) is 0 Å². The van der Waals surface area contributed by atoms with Crippen molar-refractivity contribution in [1.29, 1.82) is 0 Å². The van der Waals surface area contributed by atoms with E-state index in [1.807, 2.05) is 56.3 Å². The van der Waals surface area contributed by atoms with Crippen LogP contribution in [0.5, 0.6) is 0 Å². The number of carbonyl (C=O) groups is 1. The molecule has 1 aromatic heterocycles. The average molecular weight is 519 g/mol. The summed E-state index contributed by atoms with van der Waals surface area (Å²) in [6.45, 7) is 13.6. The summed E-state index contributed by atoms with van der Waals surface area (Å²) in [6.07, 6.45) is 5.81. The number of benzene rings is 2. The molecule has 8 nitrogen and oxygen atoms in total. The molecule has 0 aliphatic heterocycles. The summed E-state index contributed by atoms with van der Waals surface area (Å²) in [6, 6.07) is 13.9. The minimum Gasteiger partial charge on any atom is -0.428 e. The molecule has 2 aromatic carbocycles. The Labute approximate surface area is 227 Å². The van der Waals surface area contributed by atoms with Crippen molar-refractivity contribution in [3.05, 3.63) is 83.8 Å². The first-order valence-corrected chi connectivity index (χ1v) is 12.9. The molecule has 0 aliphatic carbocycles. The lowest BCUT2D eigenvalue weighted by Crippen LogP contribution is -2.31. The summed E-state index contributed by atoms with van der Waals surface area (Å²) in [5.74, 6) is 0.591. The molecule has 0 fully saturated rings. The number of oxazole rings is 1. The zero-order chi connectivity index (χ0) is 27.9. The Morgan fingerprint density at radius 1 is 1.16 bits per heavy atom. The van der Waals surface area contributed by atoms with Gasteiger partial charge < -0.3 is 24.9 Å². The van der Waals surface area contributed by atoms with Gasteiger partial charge in [0, 0.05) is 50.0 Å². The van der Waals surface area contributed by atoms with Crippen molar-refractivity contribution in [2.45, 2.75) is 33.7 Å². The number of allylic oxidation sites excluding steroid dienone is 1. The minimum absolute atomic E-state index is 0.147. The number of nitrogens with zero attached hydrogens (tertiary/aromatic N) is 4. The van der Waals surface area contributed by atoms with Crippen LogP contribution in [0, 0.1) is 6.92 Å². The van der Waals surface area contributed by atoms with Crippen LogP contribution >= 0.6 is 0 Å². The number of aromatic nitrogens is 1. The van der Waals surface area contributed by atoms with Crippen molar-refractivity contribution >= 4 is 29.5 Å².